The highest BCUT2D eigenvalue weighted by Gasteiger charge is 2.42. The normalized spacial score (nSPS) is 19.7. The Morgan fingerprint density at radius 2 is 1.66 bits per heavy atom. The summed E-state index contributed by atoms with van der Waals surface area (Å²) in [5, 5.41) is 12.2. The minimum Gasteiger partial charge on any atom is -0.451 e. The van der Waals surface area contributed by atoms with E-state index in [1.165, 1.54) is 26.0 Å². The minimum atomic E-state index is -1.18. The summed E-state index contributed by atoms with van der Waals surface area (Å²) in [4.78, 5) is 50.8. The van der Waals surface area contributed by atoms with E-state index >= 15 is 0 Å². The van der Waals surface area contributed by atoms with Crippen molar-refractivity contribution in [2.75, 3.05) is 0 Å². The number of hydrogen-bond acceptors (Lipinski definition) is 6. The van der Waals surface area contributed by atoms with Crippen molar-refractivity contribution in [3.63, 3.8) is 0 Å². The molecule has 2 atom stereocenters. The topological polar surface area (TPSA) is 117 Å². The zero-order valence-corrected chi connectivity index (χ0v) is 16.4. The lowest BCUT2D eigenvalue weighted by Crippen LogP contribution is -2.53. The van der Waals surface area contributed by atoms with Crippen LogP contribution in [0.25, 0.3) is 0 Å². The number of imide groups is 1. The molecule has 1 aliphatic carbocycles. The van der Waals surface area contributed by atoms with Crippen LogP contribution in [0.15, 0.2) is 24.3 Å². The van der Waals surface area contributed by atoms with Gasteiger partial charge in [-0.1, -0.05) is 31.4 Å². The van der Waals surface area contributed by atoms with Crippen LogP contribution in [-0.4, -0.2) is 46.3 Å². The fourth-order valence-corrected chi connectivity index (χ4v) is 3.75. The van der Waals surface area contributed by atoms with Gasteiger partial charge in [0.1, 0.15) is 11.6 Å². The van der Waals surface area contributed by atoms with Gasteiger partial charge in [0.15, 0.2) is 6.10 Å². The number of hydrogen-bond donors (Lipinski definition) is 1. The average Bonchev–Trinajstić information content (AvgIpc) is 2.98. The summed E-state index contributed by atoms with van der Waals surface area (Å²) < 4.78 is 5.21. The first-order valence-electron chi connectivity index (χ1n) is 9.70. The van der Waals surface area contributed by atoms with Crippen LogP contribution in [0, 0.1) is 11.3 Å². The Balaban J connectivity index is 1.64. The summed E-state index contributed by atoms with van der Waals surface area (Å²) in [7, 11) is 0. The van der Waals surface area contributed by atoms with Crippen molar-refractivity contribution < 1.29 is 23.9 Å². The van der Waals surface area contributed by atoms with Gasteiger partial charge >= 0.3 is 5.97 Å². The van der Waals surface area contributed by atoms with Crippen LogP contribution in [0.2, 0.25) is 0 Å². The highest BCUT2D eigenvalue weighted by Crippen LogP contribution is 2.28. The quantitative estimate of drug-likeness (QED) is 0.599. The number of amides is 3. The molecule has 8 heteroatoms. The zero-order chi connectivity index (χ0) is 21.2. The smallest absolute Gasteiger partial charge is 0.329 e. The van der Waals surface area contributed by atoms with Gasteiger partial charge in [0.25, 0.3) is 17.7 Å². The molecule has 0 aromatic heterocycles. The second-order valence-electron chi connectivity index (χ2n) is 7.52. The molecule has 1 saturated carbocycles. The second kappa shape index (κ2) is 8.03. The summed E-state index contributed by atoms with van der Waals surface area (Å²) in [6.07, 6.45) is 2.66. The maximum atomic E-state index is 12.5. The number of ether oxygens (including phenoxy) is 1. The van der Waals surface area contributed by atoms with Gasteiger partial charge in [-0.05, 0) is 38.8 Å². The summed E-state index contributed by atoms with van der Waals surface area (Å²) >= 11 is 0. The maximum Gasteiger partial charge on any atom is 0.329 e. The molecular formula is C21H23N3O5. The first kappa shape index (κ1) is 20.5. The molecule has 1 fully saturated rings. The van der Waals surface area contributed by atoms with E-state index < -0.39 is 41.4 Å². The molecule has 0 radical (unpaired) electrons. The first-order chi connectivity index (χ1) is 13.8. The van der Waals surface area contributed by atoms with Crippen LogP contribution < -0.4 is 5.32 Å². The van der Waals surface area contributed by atoms with Crippen molar-refractivity contribution in [2.24, 2.45) is 0 Å². The number of benzene rings is 1. The molecule has 152 valence electrons. The van der Waals surface area contributed by atoms with Crippen molar-refractivity contribution in [1.82, 2.24) is 10.2 Å². The van der Waals surface area contributed by atoms with Crippen LogP contribution in [0.3, 0.4) is 0 Å². The molecule has 0 unspecified atom stereocenters. The average molecular weight is 397 g/mol. The van der Waals surface area contributed by atoms with Crippen LogP contribution in [0.5, 0.6) is 0 Å². The van der Waals surface area contributed by atoms with Crippen LogP contribution in [0.1, 0.15) is 66.7 Å². The van der Waals surface area contributed by atoms with Crippen molar-refractivity contribution in [3.05, 3.63) is 35.4 Å². The number of carbonyl (C=O) groups is 4. The molecule has 8 nitrogen and oxygen atoms in total. The van der Waals surface area contributed by atoms with E-state index in [9.17, 15) is 24.4 Å². The van der Waals surface area contributed by atoms with Crippen molar-refractivity contribution in [2.45, 2.75) is 63.6 Å². The highest BCUT2D eigenvalue weighted by atomic mass is 16.5. The zero-order valence-electron chi connectivity index (χ0n) is 16.4. The van der Waals surface area contributed by atoms with Gasteiger partial charge in [-0.2, -0.15) is 5.26 Å². The molecule has 0 spiro atoms. The molecule has 29 heavy (non-hydrogen) atoms. The van der Waals surface area contributed by atoms with Gasteiger partial charge in [0.05, 0.1) is 17.2 Å². The molecule has 1 aliphatic heterocycles. The third-order valence-electron chi connectivity index (χ3n) is 5.50. The number of nitrogens with zero attached hydrogens (tertiary/aromatic N) is 2. The largest absolute Gasteiger partial charge is 0.451 e. The van der Waals surface area contributed by atoms with Crippen LogP contribution >= 0.6 is 0 Å². The van der Waals surface area contributed by atoms with Crippen molar-refractivity contribution in [3.8, 4) is 6.07 Å². The highest BCUT2D eigenvalue weighted by molar-refractivity contribution is 6.22. The van der Waals surface area contributed by atoms with E-state index in [-0.39, 0.29) is 11.1 Å². The Morgan fingerprint density at radius 3 is 2.17 bits per heavy atom. The molecule has 0 bridgehead atoms. The predicted octanol–water partition coefficient (Wildman–Crippen LogP) is 1.95. The molecule has 1 aromatic rings. The minimum absolute atomic E-state index is 0.233. The molecule has 1 heterocycles. The fraction of sp³-hybridized carbons (Fsp3) is 0.476. The summed E-state index contributed by atoms with van der Waals surface area (Å²) in [5.74, 6) is -2.58. The van der Waals surface area contributed by atoms with E-state index in [2.05, 4.69) is 11.4 Å². The summed E-state index contributed by atoms with van der Waals surface area (Å²) in [5.41, 5.74) is -0.475. The third-order valence-corrected chi connectivity index (χ3v) is 5.50. The van der Waals surface area contributed by atoms with Crippen molar-refractivity contribution in [1.29, 1.82) is 5.26 Å². The van der Waals surface area contributed by atoms with E-state index in [1.807, 2.05) is 0 Å². The maximum absolute atomic E-state index is 12.5. The number of esters is 1. The number of rotatable bonds is 5. The van der Waals surface area contributed by atoms with Gasteiger partial charge in [0, 0.05) is 0 Å². The van der Waals surface area contributed by atoms with E-state index in [0.717, 1.165) is 24.2 Å². The summed E-state index contributed by atoms with van der Waals surface area (Å²) in [6, 6.07) is 7.31. The predicted molar refractivity (Wildman–Crippen MR) is 102 cm³/mol. The van der Waals surface area contributed by atoms with E-state index in [0.29, 0.717) is 12.8 Å². The van der Waals surface area contributed by atoms with Crippen LogP contribution in [-0.2, 0) is 14.3 Å². The Hall–Kier alpha value is -3.21. The lowest BCUT2D eigenvalue weighted by atomic mass is 9.83. The van der Waals surface area contributed by atoms with Gasteiger partial charge in [-0.15, -0.1) is 0 Å². The molecule has 3 rings (SSSR count). The first-order valence-corrected chi connectivity index (χ1v) is 9.70. The van der Waals surface area contributed by atoms with E-state index in [4.69, 9.17) is 4.74 Å². The third kappa shape index (κ3) is 3.86. The molecule has 1 N–H and O–H groups in total. The van der Waals surface area contributed by atoms with Gasteiger partial charge in [-0.3, -0.25) is 19.3 Å². The standard InChI is InChI=1S/C21H23N3O5/c1-13(24-18(26)15-8-4-5-9-16(15)19(24)27)20(28)29-14(2)17(25)23-21(12-22)10-6-3-7-11-21/h4-5,8-9,13-14H,3,6-7,10-11H2,1-2H3,(H,23,25)/t13-,14-/m1/s1. The van der Waals surface area contributed by atoms with Crippen LogP contribution in [0.4, 0.5) is 0 Å². The second-order valence-corrected chi connectivity index (χ2v) is 7.52. The molecule has 0 saturated heterocycles. The van der Waals surface area contributed by atoms with Gasteiger partial charge in [-0.25, -0.2) is 4.79 Å². The van der Waals surface area contributed by atoms with E-state index in [1.54, 1.807) is 12.1 Å². The lowest BCUT2D eigenvalue weighted by molar-refractivity contribution is -0.158. The van der Waals surface area contributed by atoms with Crippen molar-refractivity contribution >= 4 is 23.7 Å². The molecule has 2 aliphatic rings. The number of carbonyl (C=O) groups excluding carboxylic acids is 4. The molecule has 1 aromatic carbocycles. The Morgan fingerprint density at radius 1 is 1.10 bits per heavy atom. The number of fused-ring (bicyclic) bond motifs is 1. The summed E-state index contributed by atoms with van der Waals surface area (Å²) in [6.45, 7) is 2.78. The molecular weight excluding hydrogens is 374 g/mol. The molecule has 3 amide bonds. The lowest BCUT2D eigenvalue weighted by Gasteiger charge is -2.32. The fourth-order valence-electron chi connectivity index (χ4n) is 3.75. The Kier molecular flexibility index (Phi) is 5.69. The Bertz CT molecular complexity index is 863. The van der Waals surface area contributed by atoms with Gasteiger partial charge < -0.3 is 10.1 Å². The monoisotopic (exact) mass is 397 g/mol. The SMILES string of the molecule is C[C@H](C(=O)O[C@H](C)C(=O)NC1(C#N)CCCCC1)N1C(=O)c2ccccc2C1=O. The number of nitriles is 1. The van der Waals surface area contributed by atoms with Gasteiger partial charge in [0.2, 0.25) is 0 Å². The Labute approximate surface area is 168 Å². The number of nitrogens with one attached hydrogen (secondary N) is 1.